The second-order valence-corrected chi connectivity index (χ2v) is 8.03. The van der Waals surface area contributed by atoms with Gasteiger partial charge in [0.1, 0.15) is 0 Å². The molecular weight excluding hydrogens is 394 g/mol. The van der Waals surface area contributed by atoms with Crippen molar-refractivity contribution in [3.05, 3.63) is 83.9 Å². The first-order valence-corrected chi connectivity index (χ1v) is 10.8. The summed E-state index contributed by atoms with van der Waals surface area (Å²) >= 11 is 1.57. The molecule has 152 valence electrons. The van der Waals surface area contributed by atoms with Crippen molar-refractivity contribution < 1.29 is 9.59 Å². The van der Waals surface area contributed by atoms with E-state index in [-0.39, 0.29) is 11.9 Å². The van der Waals surface area contributed by atoms with Crippen LogP contribution in [-0.4, -0.2) is 25.0 Å². The maximum Gasteiger partial charge on any atom is 0.319 e. The molecule has 3 aromatic rings. The Balaban J connectivity index is 1.47. The second-order valence-electron chi connectivity index (χ2n) is 6.95. The number of urea groups is 1. The number of benzene rings is 3. The molecule has 1 aliphatic rings. The van der Waals surface area contributed by atoms with Crippen molar-refractivity contribution in [1.82, 2.24) is 5.32 Å². The largest absolute Gasteiger partial charge is 0.338 e. The number of carbonyl (C=O) groups excluding carboxylic acids is 2. The van der Waals surface area contributed by atoms with Crippen LogP contribution in [-0.2, 0) is 6.42 Å². The zero-order valence-corrected chi connectivity index (χ0v) is 17.5. The molecule has 0 bridgehead atoms. The highest BCUT2D eigenvalue weighted by Crippen LogP contribution is 2.42. The van der Waals surface area contributed by atoms with E-state index in [2.05, 4.69) is 10.6 Å². The van der Waals surface area contributed by atoms with E-state index >= 15 is 0 Å². The molecule has 30 heavy (non-hydrogen) atoms. The summed E-state index contributed by atoms with van der Waals surface area (Å²) in [5, 5.41) is 5.77. The van der Waals surface area contributed by atoms with Crippen molar-refractivity contribution in [2.24, 2.45) is 0 Å². The number of fused-ring (bicyclic) bond motifs is 2. The number of amides is 3. The van der Waals surface area contributed by atoms with E-state index in [0.717, 1.165) is 21.9 Å². The summed E-state index contributed by atoms with van der Waals surface area (Å²) in [6.45, 7) is 3.05. The maximum absolute atomic E-state index is 13.1. The molecule has 0 fully saturated rings. The highest BCUT2D eigenvalue weighted by atomic mass is 32.2. The fourth-order valence-corrected chi connectivity index (χ4v) is 4.51. The third kappa shape index (κ3) is 4.33. The fourth-order valence-electron chi connectivity index (χ4n) is 3.45. The number of hydrogen-bond donors (Lipinski definition) is 2. The van der Waals surface area contributed by atoms with Crippen LogP contribution in [0.3, 0.4) is 0 Å². The summed E-state index contributed by atoms with van der Waals surface area (Å²) in [5.74, 6) is -0.0242. The van der Waals surface area contributed by atoms with Crippen LogP contribution in [0.25, 0.3) is 0 Å². The Labute approximate surface area is 180 Å². The molecule has 4 rings (SSSR count). The van der Waals surface area contributed by atoms with E-state index in [1.807, 2.05) is 79.7 Å². The van der Waals surface area contributed by atoms with Crippen LogP contribution in [0, 0.1) is 0 Å². The lowest BCUT2D eigenvalue weighted by Crippen LogP contribution is -2.31. The minimum atomic E-state index is -0.259. The number of rotatable bonds is 5. The van der Waals surface area contributed by atoms with Gasteiger partial charge in [-0.1, -0.05) is 54.2 Å². The monoisotopic (exact) mass is 417 g/mol. The molecule has 0 spiro atoms. The van der Waals surface area contributed by atoms with E-state index in [4.69, 9.17) is 0 Å². The average Bonchev–Trinajstić information content (AvgIpc) is 2.88. The molecule has 0 saturated carbocycles. The van der Waals surface area contributed by atoms with Crippen LogP contribution < -0.4 is 15.5 Å². The standard InChI is InChI=1S/C24H23N3O2S/c1-2-27-20-16-18(26-24(29)25-15-14-17-8-4-3-5-9-17)12-13-22(20)30-21-11-7-6-10-19(21)23(27)28/h3-13,16H,2,14-15H2,1H3,(H2,25,26,29). The average molecular weight is 418 g/mol. The summed E-state index contributed by atoms with van der Waals surface area (Å²) in [5.41, 5.74) is 3.35. The van der Waals surface area contributed by atoms with Gasteiger partial charge in [0.2, 0.25) is 0 Å². The van der Waals surface area contributed by atoms with Crippen molar-refractivity contribution in [1.29, 1.82) is 0 Å². The topological polar surface area (TPSA) is 61.4 Å². The lowest BCUT2D eigenvalue weighted by Gasteiger charge is -2.22. The van der Waals surface area contributed by atoms with Crippen LogP contribution in [0.4, 0.5) is 16.2 Å². The Morgan fingerprint density at radius 2 is 1.73 bits per heavy atom. The summed E-state index contributed by atoms with van der Waals surface area (Å²) in [6, 6.07) is 23.1. The first kappa shape index (κ1) is 20.0. The van der Waals surface area contributed by atoms with E-state index < -0.39 is 0 Å². The zero-order valence-electron chi connectivity index (χ0n) is 16.7. The molecule has 2 N–H and O–H groups in total. The Morgan fingerprint density at radius 1 is 0.967 bits per heavy atom. The van der Waals surface area contributed by atoms with E-state index in [9.17, 15) is 9.59 Å². The molecule has 0 atom stereocenters. The summed E-state index contributed by atoms with van der Waals surface area (Å²) < 4.78 is 0. The minimum Gasteiger partial charge on any atom is -0.338 e. The number of nitrogens with one attached hydrogen (secondary N) is 2. The van der Waals surface area contributed by atoms with Gasteiger partial charge in [0.15, 0.2) is 0 Å². The third-order valence-electron chi connectivity index (χ3n) is 4.95. The smallest absolute Gasteiger partial charge is 0.319 e. The summed E-state index contributed by atoms with van der Waals surface area (Å²) in [4.78, 5) is 29.1. The van der Waals surface area contributed by atoms with Crippen molar-refractivity contribution in [3.63, 3.8) is 0 Å². The van der Waals surface area contributed by atoms with Crippen LogP contribution in [0.1, 0.15) is 22.8 Å². The molecule has 3 aromatic carbocycles. The van der Waals surface area contributed by atoms with Gasteiger partial charge < -0.3 is 15.5 Å². The van der Waals surface area contributed by atoms with E-state index in [1.165, 1.54) is 5.56 Å². The van der Waals surface area contributed by atoms with Crippen molar-refractivity contribution in [2.45, 2.75) is 23.1 Å². The molecule has 5 nitrogen and oxygen atoms in total. The highest BCUT2D eigenvalue weighted by molar-refractivity contribution is 7.99. The molecule has 0 aliphatic carbocycles. The number of nitrogens with zero attached hydrogens (tertiary/aromatic N) is 1. The van der Waals surface area contributed by atoms with Gasteiger partial charge in [-0.05, 0) is 49.2 Å². The van der Waals surface area contributed by atoms with Crippen LogP contribution in [0.5, 0.6) is 0 Å². The van der Waals surface area contributed by atoms with E-state index in [0.29, 0.717) is 24.3 Å². The SMILES string of the molecule is CCN1C(=O)c2ccccc2Sc2ccc(NC(=O)NCCc3ccccc3)cc21. The van der Waals surface area contributed by atoms with Crippen molar-refractivity contribution in [3.8, 4) is 0 Å². The Morgan fingerprint density at radius 3 is 2.53 bits per heavy atom. The Bertz CT molecular complexity index is 1070. The molecule has 0 saturated heterocycles. The quantitative estimate of drug-likeness (QED) is 0.601. The predicted octanol–water partition coefficient (Wildman–Crippen LogP) is 5.18. The van der Waals surface area contributed by atoms with Crippen molar-refractivity contribution in [2.75, 3.05) is 23.3 Å². The van der Waals surface area contributed by atoms with Crippen LogP contribution >= 0.6 is 11.8 Å². The van der Waals surface area contributed by atoms with E-state index in [1.54, 1.807) is 16.7 Å². The van der Waals surface area contributed by atoms with Gasteiger partial charge in [-0.25, -0.2) is 4.79 Å². The summed E-state index contributed by atoms with van der Waals surface area (Å²) in [6.07, 6.45) is 0.769. The molecule has 6 heteroatoms. The van der Waals surface area contributed by atoms with Gasteiger partial charge in [-0.3, -0.25) is 4.79 Å². The molecule has 3 amide bonds. The molecule has 1 heterocycles. The first-order valence-electron chi connectivity index (χ1n) is 9.97. The number of anilines is 2. The lowest BCUT2D eigenvalue weighted by molar-refractivity contribution is 0.0985. The first-order chi connectivity index (χ1) is 14.7. The molecular formula is C24H23N3O2S. The Hall–Kier alpha value is -3.25. The van der Waals surface area contributed by atoms with Gasteiger partial charge in [0.25, 0.3) is 5.91 Å². The second kappa shape index (κ2) is 9.05. The van der Waals surface area contributed by atoms with Crippen molar-refractivity contribution >= 4 is 35.1 Å². The maximum atomic E-state index is 13.1. The molecule has 0 unspecified atom stereocenters. The molecule has 0 radical (unpaired) electrons. The van der Waals surface area contributed by atoms with Gasteiger partial charge >= 0.3 is 6.03 Å². The van der Waals surface area contributed by atoms with Gasteiger partial charge in [0.05, 0.1) is 11.3 Å². The van der Waals surface area contributed by atoms with Crippen LogP contribution in [0.2, 0.25) is 0 Å². The lowest BCUT2D eigenvalue weighted by atomic mass is 10.1. The molecule has 0 aromatic heterocycles. The minimum absolute atomic E-state index is 0.0242. The third-order valence-corrected chi connectivity index (χ3v) is 6.09. The summed E-state index contributed by atoms with van der Waals surface area (Å²) in [7, 11) is 0. The normalized spacial score (nSPS) is 12.6. The fraction of sp³-hybridized carbons (Fsp3) is 0.167. The zero-order chi connectivity index (χ0) is 20.9. The van der Waals surface area contributed by atoms with Crippen LogP contribution in [0.15, 0.2) is 82.6 Å². The van der Waals surface area contributed by atoms with Gasteiger partial charge in [-0.15, -0.1) is 0 Å². The van der Waals surface area contributed by atoms with Gasteiger partial charge in [-0.2, -0.15) is 0 Å². The highest BCUT2D eigenvalue weighted by Gasteiger charge is 2.26. The number of hydrogen-bond acceptors (Lipinski definition) is 3. The molecule has 1 aliphatic heterocycles. The predicted molar refractivity (Wildman–Crippen MR) is 122 cm³/mol. The Kier molecular flexibility index (Phi) is 6.05. The number of carbonyl (C=O) groups is 2. The van der Waals surface area contributed by atoms with Gasteiger partial charge in [0, 0.05) is 28.6 Å².